The van der Waals surface area contributed by atoms with Crippen LogP contribution >= 0.6 is 23.2 Å². The summed E-state index contributed by atoms with van der Waals surface area (Å²) in [5.41, 5.74) is 0.695. The van der Waals surface area contributed by atoms with E-state index < -0.39 is 6.10 Å². The van der Waals surface area contributed by atoms with Gasteiger partial charge < -0.3 is 19.9 Å². The second kappa shape index (κ2) is 5.67. The molecule has 1 aromatic carbocycles. The second-order valence-corrected chi connectivity index (χ2v) is 4.38. The Hall–Kier alpha value is -0.840. The van der Waals surface area contributed by atoms with Gasteiger partial charge in [-0.1, -0.05) is 11.6 Å². The Bertz CT molecular complexity index is 401. The zero-order valence-electron chi connectivity index (χ0n) is 9.08. The van der Waals surface area contributed by atoms with Crippen LogP contribution in [0.5, 0.6) is 11.5 Å². The first kappa shape index (κ1) is 12.6. The van der Waals surface area contributed by atoms with E-state index in [0.29, 0.717) is 42.0 Å². The SMILES string of the molecule is OC(CCl)CNc1cc2c(cc1Cl)OCCO2. The lowest BCUT2D eigenvalue weighted by molar-refractivity contribution is 0.171. The van der Waals surface area contributed by atoms with E-state index in [4.69, 9.17) is 32.7 Å². The molecule has 0 saturated heterocycles. The minimum absolute atomic E-state index is 0.176. The van der Waals surface area contributed by atoms with E-state index in [0.717, 1.165) is 0 Å². The number of ether oxygens (including phenoxy) is 2. The molecular formula is C11H13Cl2NO3. The van der Waals surface area contributed by atoms with E-state index in [-0.39, 0.29) is 5.88 Å². The van der Waals surface area contributed by atoms with Gasteiger partial charge in [-0.2, -0.15) is 0 Å². The molecule has 1 heterocycles. The van der Waals surface area contributed by atoms with Gasteiger partial charge in [0.2, 0.25) is 0 Å². The molecule has 6 heteroatoms. The van der Waals surface area contributed by atoms with Crippen molar-refractivity contribution in [2.24, 2.45) is 0 Å². The lowest BCUT2D eigenvalue weighted by Gasteiger charge is -2.20. The zero-order chi connectivity index (χ0) is 12.3. The van der Waals surface area contributed by atoms with Gasteiger partial charge in [0.15, 0.2) is 11.5 Å². The Morgan fingerprint density at radius 2 is 1.94 bits per heavy atom. The van der Waals surface area contributed by atoms with Gasteiger partial charge in [0.05, 0.1) is 22.7 Å². The van der Waals surface area contributed by atoms with Crippen molar-refractivity contribution in [1.29, 1.82) is 0 Å². The van der Waals surface area contributed by atoms with E-state index in [1.165, 1.54) is 0 Å². The van der Waals surface area contributed by atoms with E-state index in [1.807, 2.05) is 0 Å². The molecule has 0 aromatic heterocycles. The quantitative estimate of drug-likeness (QED) is 0.828. The van der Waals surface area contributed by atoms with Crippen molar-refractivity contribution in [3.05, 3.63) is 17.2 Å². The molecule has 1 unspecified atom stereocenters. The van der Waals surface area contributed by atoms with Crippen molar-refractivity contribution in [2.45, 2.75) is 6.10 Å². The maximum Gasteiger partial charge on any atom is 0.163 e. The number of halogens is 2. The first-order chi connectivity index (χ1) is 8.20. The number of hydrogen-bond acceptors (Lipinski definition) is 4. The Kier molecular flexibility index (Phi) is 4.20. The van der Waals surface area contributed by atoms with Crippen LogP contribution in [-0.2, 0) is 0 Å². The Labute approximate surface area is 109 Å². The van der Waals surface area contributed by atoms with Crippen molar-refractivity contribution < 1.29 is 14.6 Å². The summed E-state index contributed by atoms with van der Waals surface area (Å²) in [6.45, 7) is 1.39. The highest BCUT2D eigenvalue weighted by atomic mass is 35.5. The number of nitrogens with one attached hydrogen (secondary N) is 1. The maximum absolute atomic E-state index is 9.36. The number of anilines is 1. The van der Waals surface area contributed by atoms with E-state index in [1.54, 1.807) is 12.1 Å². The first-order valence-electron chi connectivity index (χ1n) is 5.27. The molecule has 2 N–H and O–H groups in total. The smallest absolute Gasteiger partial charge is 0.163 e. The lowest BCUT2D eigenvalue weighted by atomic mass is 10.2. The summed E-state index contributed by atoms with van der Waals surface area (Å²) in [6.07, 6.45) is -0.610. The summed E-state index contributed by atoms with van der Waals surface area (Å²) >= 11 is 11.6. The number of aliphatic hydroxyl groups excluding tert-OH is 1. The number of benzene rings is 1. The van der Waals surface area contributed by atoms with Gasteiger partial charge in [-0.3, -0.25) is 0 Å². The zero-order valence-corrected chi connectivity index (χ0v) is 10.6. The third-order valence-corrected chi connectivity index (χ3v) is 3.01. The van der Waals surface area contributed by atoms with Crippen LogP contribution in [0.15, 0.2) is 12.1 Å². The molecule has 1 aromatic rings. The molecule has 0 radical (unpaired) electrons. The van der Waals surface area contributed by atoms with Gasteiger partial charge in [-0.05, 0) is 0 Å². The largest absolute Gasteiger partial charge is 0.486 e. The molecular weight excluding hydrogens is 265 g/mol. The van der Waals surface area contributed by atoms with Crippen molar-refractivity contribution in [3.8, 4) is 11.5 Å². The van der Waals surface area contributed by atoms with E-state index >= 15 is 0 Å². The van der Waals surface area contributed by atoms with Crippen molar-refractivity contribution >= 4 is 28.9 Å². The molecule has 0 aliphatic carbocycles. The highest BCUT2D eigenvalue weighted by molar-refractivity contribution is 6.33. The molecule has 0 amide bonds. The van der Waals surface area contributed by atoms with Gasteiger partial charge in [-0.15, -0.1) is 11.6 Å². The fraction of sp³-hybridized carbons (Fsp3) is 0.455. The highest BCUT2D eigenvalue weighted by Gasteiger charge is 2.15. The molecule has 94 valence electrons. The number of alkyl halides is 1. The topological polar surface area (TPSA) is 50.7 Å². The molecule has 2 rings (SSSR count). The van der Waals surface area contributed by atoms with Crippen LogP contribution in [0, 0.1) is 0 Å². The highest BCUT2D eigenvalue weighted by Crippen LogP contribution is 2.37. The van der Waals surface area contributed by atoms with Crippen LogP contribution in [0.1, 0.15) is 0 Å². The Morgan fingerprint density at radius 1 is 1.29 bits per heavy atom. The van der Waals surface area contributed by atoms with E-state index in [9.17, 15) is 5.11 Å². The molecule has 1 atom stereocenters. The molecule has 1 aliphatic rings. The van der Waals surface area contributed by atoms with Gasteiger partial charge in [-0.25, -0.2) is 0 Å². The molecule has 17 heavy (non-hydrogen) atoms. The van der Waals surface area contributed by atoms with Crippen LogP contribution in [0.3, 0.4) is 0 Å². The summed E-state index contributed by atoms with van der Waals surface area (Å²) in [5.74, 6) is 1.48. The van der Waals surface area contributed by atoms with Crippen molar-refractivity contribution in [1.82, 2.24) is 0 Å². The standard InChI is InChI=1S/C11H13Cl2NO3/c12-5-7(15)6-14-9-4-11-10(3-8(9)13)16-1-2-17-11/h3-4,7,14-15H,1-2,5-6H2. The van der Waals surface area contributed by atoms with Gasteiger partial charge in [0.1, 0.15) is 13.2 Å². The molecule has 4 nitrogen and oxygen atoms in total. The lowest BCUT2D eigenvalue weighted by Crippen LogP contribution is -2.21. The summed E-state index contributed by atoms with van der Waals surface area (Å²) in [5, 5.41) is 12.9. The maximum atomic E-state index is 9.36. The minimum atomic E-state index is -0.610. The van der Waals surface area contributed by atoms with Crippen molar-refractivity contribution in [2.75, 3.05) is 31.0 Å². The monoisotopic (exact) mass is 277 g/mol. The first-order valence-corrected chi connectivity index (χ1v) is 6.19. The summed E-state index contributed by atoms with van der Waals surface area (Å²) in [6, 6.07) is 3.46. The van der Waals surface area contributed by atoms with Crippen LogP contribution < -0.4 is 14.8 Å². The summed E-state index contributed by atoms with van der Waals surface area (Å²) < 4.78 is 10.8. The number of rotatable bonds is 4. The van der Waals surface area contributed by atoms with Crippen molar-refractivity contribution in [3.63, 3.8) is 0 Å². The van der Waals surface area contributed by atoms with Crippen LogP contribution in [0.25, 0.3) is 0 Å². The van der Waals surface area contributed by atoms with Gasteiger partial charge >= 0.3 is 0 Å². The molecule has 0 bridgehead atoms. The summed E-state index contributed by atoms with van der Waals surface area (Å²) in [7, 11) is 0. The third kappa shape index (κ3) is 3.09. The fourth-order valence-electron chi connectivity index (χ4n) is 1.48. The molecule has 0 spiro atoms. The number of fused-ring (bicyclic) bond motifs is 1. The number of hydrogen-bond donors (Lipinski definition) is 2. The molecule has 1 aliphatic heterocycles. The Balaban J connectivity index is 2.11. The minimum Gasteiger partial charge on any atom is -0.486 e. The second-order valence-electron chi connectivity index (χ2n) is 3.66. The van der Waals surface area contributed by atoms with Gasteiger partial charge in [0.25, 0.3) is 0 Å². The average molecular weight is 278 g/mol. The molecule has 0 saturated carbocycles. The van der Waals surface area contributed by atoms with Crippen LogP contribution in [-0.4, -0.2) is 36.8 Å². The van der Waals surface area contributed by atoms with Gasteiger partial charge in [0, 0.05) is 18.7 Å². The Morgan fingerprint density at radius 3 is 2.59 bits per heavy atom. The fourth-order valence-corrected chi connectivity index (χ4v) is 1.81. The van der Waals surface area contributed by atoms with E-state index in [2.05, 4.69) is 5.32 Å². The molecule has 0 fully saturated rings. The summed E-state index contributed by atoms with van der Waals surface area (Å²) in [4.78, 5) is 0. The van der Waals surface area contributed by atoms with Crippen LogP contribution in [0.4, 0.5) is 5.69 Å². The normalized spacial score (nSPS) is 15.5. The van der Waals surface area contributed by atoms with Crippen LogP contribution in [0.2, 0.25) is 5.02 Å². The third-order valence-electron chi connectivity index (χ3n) is 2.34. The average Bonchev–Trinajstić information content (AvgIpc) is 2.35. The predicted molar refractivity (Wildman–Crippen MR) is 67.7 cm³/mol. The number of aliphatic hydroxyl groups is 1. The predicted octanol–water partition coefficient (Wildman–Crippen LogP) is 2.12.